The summed E-state index contributed by atoms with van der Waals surface area (Å²) < 4.78 is 18.4. The summed E-state index contributed by atoms with van der Waals surface area (Å²) in [6.07, 6.45) is 1.09. The molecule has 0 aliphatic heterocycles. The summed E-state index contributed by atoms with van der Waals surface area (Å²) >= 11 is 0. The standard InChI is InChI=1S/C16H16FNO2/c1-18-16(19)10-5-12-3-2-4-15(11-12)20-14-8-6-13(17)7-9-14/h2-4,6-9,11H,5,10H2,1H3,(H,18,19). The predicted octanol–water partition coefficient (Wildman–Crippen LogP) is 3.30. The lowest BCUT2D eigenvalue weighted by atomic mass is 10.1. The fraction of sp³-hybridized carbons (Fsp3) is 0.188. The number of carbonyl (C=O) groups excluding carboxylic acids is 1. The maximum Gasteiger partial charge on any atom is 0.220 e. The number of rotatable bonds is 5. The van der Waals surface area contributed by atoms with Crippen LogP contribution in [0, 0.1) is 5.82 Å². The van der Waals surface area contributed by atoms with E-state index in [1.807, 2.05) is 24.3 Å². The zero-order valence-electron chi connectivity index (χ0n) is 11.2. The number of halogens is 1. The van der Waals surface area contributed by atoms with Crippen LogP contribution < -0.4 is 10.1 Å². The largest absolute Gasteiger partial charge is 0.457 e. The van der Waals surface area contributed by atoms with Crippen LogP contribution in [-0.4, -0.2) is 13.0 Å². The summed E-state index contributed by atoms with van der Waals surface area (Å²) in [5, 5.41) is 2.59. The molecular formula is C16H16FNO2. The van der Waals surface area contributed by atoms with Gasteiger partial charge in [0.2, 0.25) is 5.91 Å². The van der Waals surface area contributed by atoms with Crippen molar-refractivity contribution in [3.05, 3.63) is 59.9 Å². The van der Waals surface area contributed by atoms with Crippen molar-refractivity contribution < 1.29 is 13.9 Å². The predicted molar refractivity (Wildman–Crippen MR) is 75.3 cm³/mol. The van der Waals surface area contributed by atoms with E-state index in [9.17, 15) is 9.18 Å². The average molecular weight is 273 g/mol. The van der Waals surface area contributed by atoms with Gasteiger partial charge in [-0.2, -0.15) is 0 Å². The van der Waals surface area contributed by atoms with Gasteiger partial charge in [-0.1, -0.05) is 12.1 Å². The molecule has 0 saturated heterocycles. The molecule has 0 atom stereocenters. The van der Waals surface area contributed by atoms with Crippen LogP contribution in [0.25, 0.3) is 0 Å². The number of hydrogen-bond acceptors (Lipinski definition) is 2. The molecule has 0 aliphatic rings. The van der Waals surface area contributed by atoms with E-state index in [0.717, 1.165) is 5.56 Å². The number of benzene rings is 2. The van der Waals surface area contributed by atoms with Crippen molar-refractivity contribution in [1.82, 2.24) is 5.32 Å². The van der Waals surface area contributed by atoms with E-state index >= 15 is 0 Å². The number of amides is 1. The Hall–Kier alpha value is -2.36. The molecule has 1 amide bonds. The third kappa shape index (κ3) is 4.09. The molecule has 1 N–H and O–H groups in total. The number of ether oxygens (including phenoxy) is 1. The summed E-state index contributed by atoms with van der Waals surface area (Å²) in [4.78, 5) is 11.2. The first-order valence-corrected chi connectivity index (χ1v) is 6.40. The minimum Gasteiger partial charge on any atom is -0.457 e. The Morgan fingerprint density at radius 2 is 1.90 bits per heavy atom. The van der Waals surface area contributed by atoms with E-state index in [1.54, 1.807) is 19.2 Å². The van der Waals surface area contributed by atoms with Gasteiger partial charge in [0.25, 0.3) is 0 Å². The van der Waals surface area contributed by atoms with Gasteiger partial charge >= 0.3 is 0 Å². The minimum atomic E-state index is -0.295. The number of nitrogens with one attached hydrogen (secondary N) is 1. The van der Waals surface area contributed by atoms with Crippen LogP contribution in [0.2, 0.25) is 0 Å². The second kappa shape index (κ2) is 6.70. The van der Waals surface area contributed by atoms with Crippen molar-refractivity contribution in [2.45, 2.75) is 12.8 Å². The highest BCUT2D eigenvalue weighted by molar-refractivity contribution is 5.75. The van der Waals surface area contributed by atoms with Gasteiger partial charge in [0.05, 0.1) is 0 Å². The summed E-state index contributed by atoms with van der Waals surface area (Å²) in [6, 6.07) is 13.4. The quantitative estimate of drug-likeness (QED) is 0.907. The third-order valence-corrected chi connectivity index (χ3v) is 2.87. The van der Waals surface area contributed by atoms with Crippen LogP contribution in [0.5, 0.6) is 11.5 Å². The van der Waals surface area contributed by atoms with Crippen molar-refractivity contribution in [2.75, 3.05) is 7.05 Å². The van der Waals surface area contributed by atoms with E-state index in [2.05, 4.69) is 5.32 Å². The van der Waals surface area contributed by atoms with Gasteiger partial charge in [0.15, 0.2) is 0 Å². The van der Waals surface area contributed by atoms with E-state index in [1.165, 1.54) is 12.1 Å². The summed E-state index contributed by atoms with van der Waals surface area (Å²) in [5.41, 5.74) is 1.02. The van der Waals surface area contributed by atoms with E-state index in [4.69, 9.17) is 4.74 Å². The molecule has 20 heavy (non-hydrogen) atoms. The first kappa shape index (κ1) is 14.1. The van der Waals surface area contributed by atoms with Gasteiger partial charge in [-0.25, -0.2) is 4.39 Å². The molecule has 2 rings (SSSR count). The first-order chi connectivity index (χ1) is 9.67. The van der Waals surface area contributed by atoms with Crippen LogP contribution in [0.15, 0.2) is 48.5 Å². The van der Waals surface area contributed by atoms with E-state index < -0.39 is 0 Å². The third-order valence-electron chi connectivity index (χ3n) is 2.87. The second-order valence-corrected chi connectivity index (χ2v) is 4.38. The molecule has 3 nitrogen and oxygen atoms in total. The van der Waals surface area contributed by atoms with Crippen LogP contribution >= 0.6 is 0 Å². The van der Waals surface area contributed by atoms with Crippen molar-refractivity contribution in [2.24, 2.45) is 0 Å². The SMILES string of the molecule is CNC(=O)CCc1cccc(Oc2ccc(F)cc2)c1. The minimum absolute atomic E-state index is 0.00913. The maximum atomic E-state index is 12.8. The average Bonchev–Trinajstić information content (AvgIpc) is 2.47. The molecule has 0 spiro atoms. The molecule has 104 valence electrons. The van der Waals surface area contributed by atoms with Gasteiger partial charge < -0.3 is 10.1 Å². The van der Waals surface area contributed by atoms with Crippen molar-refractivity contribution in [1.29, 1.82) is 0 Å². The Labute approximate surface area is 117 Å². The van der Waals surface area contributed by atoms with Gasteiger partial charge in [-0.15, -0.1) is 0 Å². The molecule has 0 radical (unpaired) electrons. The maximum absolute atomic E-state index is 12.8. The molecule has 0 bridgehead atoms. The zero-order valence-corrected chi connectivity index (χ0v) is 11.2. The lowest BCUT2D eigenvalue weighted by Crippen LogP contribution is -2.17. The highest BCUT2D eigenvalue weighted by Crippen LogP contribution is 2.22. The molecular weight excluding hydrogens is 257 g/mol. The van der Waals surface area contributed by atoms with Crippen LogP contribution in [0.1, 0.15) is 12.0 Å². The Bertz CT molecular complexity index is 581. The lowest BCUT2D eigenvalue weighted by Gasteiger charge is -2.07. The smallest absolute Gasteiger partial charge is 0.220 e. The van der Waals surface area contributed by atoms with Crippen molar-refractivity contribution >= 4 is 5.91 Å². The molecule has 0 aliphatic carbocycles. The molecule has 0 unspecified atom stereocenters. The van der Waals surface area contributed by atoms with Crippen LogP contribution in [0.3, 0.4) is 0 Å². The molecule has 0 saturated carbocycles. The Kier molecular flexibility index (Phi) is 4.71. The molecule has 4 heteroatoms. The van der Waals surface area contributed by atoms with Gasteiger partial charge in [0.1, 0.15) is 17.3 Å². The fourth-order valence-electron chi connectivity index (χ4n) is 1.79. The number of aryl methyl sites for hydroxylation is 1. The molecule has 0 aromatic heterocycles. The molecule has 0 heterocycles. The topological polar surface area (TPSA) is 38.3 Å². The number of carbonyl (C=O) groups is 1. The summed E-state index contributed by atoms with van der Waals surface area (Å²) in [6.45, 7) is 0. The van der Waals surface area contributed by atoms with E-state index in [0.29, 0.717) is 24.3 Å². The van der Waals surface area contributed by atoms with Gasteiger partial charge in [0, 0.05) is 13.5 Å². The van der Waals surface area contributed by atoms with Crippen molar-refractivity contribution in [3.63, 3.8) is 0 Å². The normalized spacial score (nSPS) is 10.1. The van der Waals surface area contributed by atoms with Crippen LogP contribution in [-0.2, 0) is 11.2 Å². The highest BCUT2D eigenvalue weighted by atomic mass is 19.1. The molecule has 2 aromatic carbocycles. The molecule has 2 aromatic rings. The zero-order chi connectivity index (χ0) is 14.4. The summed E-state index contributed by atoms with van der Waals surface area (Å²) in [5.74, 6) is 0.965. The first-order valence-electron chi connectivity index (χ1n) is 6.40. The van der Waals surface area contributed by atoms with Crippen molar-refractivity contribution in [3.8, 4) is 11.5 Å². The van der Waals surface area contributed by atoms with Gasteiger partial charge in [-0.05, 0) is 48.4 Å². The number of hydrogen-bond donors (Lipinski definition) is 1. The van der Waals surface area contributed by atoms with Gasteiger partial charge in [-0.3, -0.25) is 4.79 Å². The lowest BCUT2D eigenvalue weighted by molar-refractivity contribution is -0.120. The second-order valence-electron chi connectivity index (χ2n) is 4.38. The Morgan fingerprint density at radius 1 is 1.15 bits per heavy atom. The summed E-state index contributed by atoms with van der Waals surface area (Å²) in [7, 11) is 1.62. The Morgan fingerprint density at radius 3 is 2.60 bits per heavy atom. The monoisotopic (exact) mass is 273 g/mol. The molecule has 0 fully saturated rings. The van der Waals surface area contributed by atoms with Crippen LogP contribution in [0.4, 0.5) is 4.39 Å². The highest BCUT2D eigenvalue weighted by Gasteiger charge is 2.02. The Balaban J connectivity index is 2.02. The fourth-order valence-corrected chi connectivity index (χ4v) is 1.79. The van der Waals surface area contributed by atoms with E-state index in [-0.39, 0.29) is 11.7 Å².